The number of nitrogens with zero attached hydrogens (tertiary/aromatic N) is 1. The van der Waals surface area contributed by atoms with Crippen LogP contribution in [-0.2, 0) is 6.61 Å². The van der Waals surface area contributed by atoms with Crippen molar-refractivity contribution in [2.75, 3.05) is 0 Å². The van der Waals surface area contributed by atoms with Crippen LogP contribution in [0.25, 0.3) is 0 Å². The molecule has 2 aromatic rings. The van der Waals surface area contributed by atoms with Gasteiger partial charge in [0.15, 0.2) is 0 Å². The van der Waals surface area contributed by atoms with Crippen molar-refractivity contribution in [3.63, 3.8) is 0 Å². The highest BCUT2D eigenvalue weighted by Crippen LogP contribution is 2.28. The maximum Gasteiger partial charge on any atom is 0.269 e. The monoisotopic (exact) mass is 350 g/mol. The molecule has 1 unspecified atom stereocenters. The third kappa shape index (κ3) is 4.03. The smallest absolute Gasteiger partial charge is 0.269 e. The molecule has 0 spiro atoms. The van der Waals surface area contributed by atoms with Crippen molar-refractivity contribution >= 4 is 21.6 Å². The summed E-state index contributed by atoms with van der Waals surface area (Å²) in [7, 11) is 0. The number of ether oxygens (including phenoxy) is 1. The number of nitro groups is 1. The van der Waals surface area contributed by atoms with E-state index >= 15 is 0 Å². The van der Waals surface area contributed by atoms with Crippen LogP contribution in [0, 0.1) is 10.1 Å². The second kappa shape index (κ2) is 6.69. The van der Waals surface area contributed by atoms with Crippen molar-refractivity contribution in [1.29, 1.82) is 0 Å². The molecule has 2 rings (SSSR count). The predicted molar refractivity (Wildman–Crippen MR) is 84.2 cm³/mol. The van der Waals surface area contributed by atoms with Gasteiger partial charge in [-0.1, -0.05) is 22.0 Å². The highest BCUT2D eigenvalue weighted by atomic mass is 79.9. The van der Waals surface area contributed by atoms with Crippen molar-refractivity contribution in [1.82, 2.24) is 0 Å². The van der Waals surface area contributed by atoms with Crippen molar-refractivity contribution < 1.29 is 9.66 Å². The molecule has 0 aliphatic carbocycles. The SMILES string of the molecule is CC(N)c1ccc(Br)cc1OCc1ccc([N+](=O)[O-])cc1. The Bertz CT molecular complexity index is 642. The van der Waals surface area contributed by atoms with Crippen LogP contribution in [0.5, 0.6) is 5.75 Å². The van der Waals surface area contributed by atoms with Crippen LogP contribution in [0.2, 0.25) is 0 Å². The fraction of sp³-hybridized carbons (Fsp3) is 0.200. The minimum Gasteiger partial charge on any atom is -0.489 e. The van der Waals surface area contributed by atoms with Gasteiger partial charge in [-0.05, 0) is 36.8 Å². The van der Waals surface area contributed by atoms with E-state index < -0.39 is 4.92 Å². The molecule has 0 aliphatic rings. The summed E-state index contributed by atoms with van der Waals surface area (Å²) in [5.41, 5.74) is 7.76. The molecule has 0 heterocycles. The second-order valence-corrected chi connectivity index (χ2v) is 5.60. The summed E-state index contributed by atoms with van der Waals surface area (Å²) in [6.07, 6.45) is 0. The number of rotatable bonds is 5. The van der Waals surface area contributed by atoms with Crippen LogP contribution in [0.1, 0.15) is 24.1 Å². The molecule has 0 bridgehead atoms. The highest BCUT2D eigenvalue weighted by molar-refractivity contribution is 9.10. The lowest BCUT2D eigenvalue weighted by molar-refractivity contribution is -0.384. The molecule has 0 saturated heterocycles. The Morgan fingerprint density at radius 2 is 1.95 bits per heavy atom. The van der Waals surface area contributed by atoms with Crippen LogP contribution in [0.15, 0.2) is 46.9 Å². The van der Waals surface area contributed by atoms with Crippen molar-refractivity contribution in [3.8, 4) is 5.75 Å². The van der Waals surface area contributed by atoms with E-state index in [-0.39, 0.29) is 11.7 Å². The fourth-order valence-corrected chi connectivity index (χ4v) is 2.22. The Labute approximate surface area is 131 Å². The van der Waals surface area contributed by atoms with Gasteiger partial charge in [0.2, 0.25) is 0 Å². The number of nitro benzene ring substituents is 1. The normalized spacial score (nSPS) is 12.0. The van der Waals surface area contributed by atoms with Crippen molar-refractivity contribution in [2.24, 2.45) is 5.73 Å². The minimum absolute atomic E-state index is 0.0671. The predicted octanol–water partition coefficient (Wildman–Crippen LogP) is 3.96. The van der Waals surface area contributed by atoms with Crippen LogP contribution in [0.4, 0.5) is 5.69 Å². The summed E-state index contributed by atoms with van der Waals surface area (Å²) in [4.78, 5) is 10.2. The molecule has 0 fully saturated rings. The molecule has 110 valence electrons. The molecular formula is C15H15BrN2O3. The van der Waals surface area contributed by atoms with Crippen LogP contribution >= 0.6 is 15.9 Å². The summed E-state index contributed by atoms with van der Waals surface area (Å²) in [6.45, 7) is 2.22. The Morgan fingerprint density at radius 3 is 2.52 bits per heavy atom. The van der Waals surface area contributed by atoms with Gasteiger partial charge in [0.1, 0.15) is 12.4 Å². The number of hydrogen-bond acceptors (Lipinski definition) is 4. The molecule has 2 N–H and O–H groups in total. The Morgan fingerprint density at radius 1 is 1.29 bits per heavy atom. The zero-order valence-electron chi connectivity index (χ0n) is 11.5. The van der Waals surface area contributed by atoms with E-state index in [4.69, 9.17) is 10.5 Å². The molecule has 0 saturated carbocycles. The molecule has 5 nitrogen and oxygen atoms in total. The zero-order chi connectivity index (χ0) is 15.4. The van der Waals surface area contributed by atoms with E-state index in [0.717, 1.165) is 15.6 Å². The van der Waals surface area contributed by atoms with Gasteiger partial charge in [0.25, 0.3) is 5.69 Å². The van der Waals surface area contributed by atoms with Crippen LogP contribution < -0.4 is 10.5 Å². The van der Waals surface area contributed by atoms with Gasteiger partial charge in [0, 0.05) is 28.2 Å². The van der Waals surface area contributed by atoms with E-state index in [2.05, 4.69) is 15.9 Å². The molecule has 1 atom stereocenters. The second-order valence-electron chi connectivity index (χ2n) is 4.68. The molecule has 6 heteroatoms. The quantitative estimate of drug-likeness (QED) is 0.653. The van der Waals surface area contributed by atoms with Gasteiger partial charge in [0.05, 0.1) is 4.92 Å². The average molecular weight is 351 g/mol. The molecule has 0 radical (unpaired) electrons. The summed E-state index contributed by atoms with van der Waals surface area (Å²) in [6, 6.07) is 11.9. The van der Waals surface area contributed by atoms with E-state index in [0.29, 0.717) is 12.4 Å². The number of hydrogen-bond donors (Lipinski definition) is 1. The first-order valence-corrected chi connectivity index (χ1v) is 7.18. The first-order valence-electron chi connectivity index (χ1n) is 6.38. The number of halogens is 1. The Kier molecular flexibility index (Phi) is 4.93. The molecule has 0 amide bonds. The fourth-order valence-electron chi connectivity index (χ4n) is 1.88. The van der Waals surface area contributed by atoms with Gasteiger partial charge in [-0.2, -0.15) is 0 Å². The summed E-state index contributed by atoms with van der Waals surface area (Å²) < 4.78 is 6.69. The lowest BCUT2D eigenvalue weighted by atomic mass is 10.1. The van der Waals surface area contributed by atoms with Gasteiger partial charge in [-0.25, -0.2) is 0 Å². The first-order chi connectivity index (χ1) is 9.97. The average Bonchev–Trinajstić information content (AvgIpc) is 2.45. The minimum atomic E-state index is -0.423. The van der Waals surface area contributed by atoms with Crippen LogP contribution in [0.3, 0.4) is 0 Å². The van der Waals surface area contributed by atoms with Gasteiger partial charge in [-0.15, -0.1) is 0 Å². The maximum absolute atomic E-state index is 10.6. The summed E-state index contributed by atoms with van der Waals surface area (Å²) in [5, 5.41) is 10.6. The lowest BCUT2D eigenvalue weighted by Crippen LogP contribution is -2.08. The Hall–Kier alpha value is -1.92. The molecule has 0 aliphatic heterocycles. The van der Waals surface area contributed by atoms with Crippen molar-refractivity contribution in [2.45, 2.75) is 19.6 Å². The van der Waals surface area contributed by atoms with E-state index in [1.165, 1.54) is 12.1 Å². The number of nitrogens with two attached hydrogens (primary N) is 1. The zero-order valence-corrected chi connectivity index (χ0v) is 13.0. The molecule has 0 aromatic heterocycles. The van der Waals surface area contributed by atoms with E-state index in [1.807, 2.05) is 25.1 Å². The molecule has 2 aromatic carbocycles. The third-order valence-electron chi connectivity index (χ3n) is 3.01. The topological polar surface area (TPSA) is 78.4 Å². The standard InChI is InChI=1S/C15H15BrN2O3/c1-10(17)14-7-4-12(16)8-15(14)21-9-11-2-5-13(6-3-11)18(19)20/h2-8,10H,9,17H2,1H3. The van der Waals surface area contributed by atoms with Crippen molar-refractivity contribution in [3.05, 3.63) is 68.2 Å². The van der Waals surface area contributed by atoms with E-state index in [1.54, 1.807) is 12.1 Å². The van der Waals surface area contributed by atoms with Gasteiger partial charge >= 0.3 is 0 Å². The van der Waals surface area contributed by atoms with E-state index in [9.17, 15) is 10.1 Å². The van der Waals surface area contributed by atoms with Crippen LogP contribution in [-0.4, -0.2) is 4.92 Å². The van der Waals surface area contributed by atoms with Gasteiger partial charge < -0.3 is 10.5 Å². The first kappa shape index (κ1) is 15.5. The van der Waals surface area contributed by atoms with Gasteiger partial charge in [-0.3, -0.25) is 10.1 Å². The summed E-state index contributed by atoms with van der Waals surface area (Å²) in [5.74, 6) is 0.706. The third-order valence-corrected chi connectivity index (χ3v) is 3.50. The highest BCUT2D eigenvalue weighted by Gasteiger charge is 2.10. The number of non-ortho nitro benzene ring substituents is 1. The lowest BCUT2D eigenvalue weighted by Gasteiger charge is -2.14. The number of benzene rings is 2. The largest absolute Gasteiger partial charge is 0.489 e. The Balaban J connectivity index is 2.12. The summed E-state index contributed by atoms with van der Waals surface area (Å²) >= 11 is 3.40. The molecular weight excluding hydrogens is 336 g/mol. The molecule has 21 heavy (non-hydrogen) atoms. The maximum atomic E-state index is 10.6.